The highest BCUT2D eigenvalue weighted by molar-refractivity contribution is 7.99. The van der Waals surface area contributed by atoms with Crippen LogP contribution in [-0.4, -0.2) is 21.8 Å². The molecule has 88 valence electrons. The van der Waals surface area contributed by atoms with Gasteiger partial charge >= 0.3 is 5.97 Å². The van der Waals surface area contributed by atoms with E-state index in [-0.39, 0.29) is 0 Å². The Bertz CT molecular complexity index is 351. The van der Waals surface area contributed by atoms with Gasteiger partial charge in [-0.1, -0.05) is 26.7 Å². The van der Waals surface area contributed by atoms with E-state index in [1.54, 1.807) is 30.1 Å². The average Bonchev–Trinajstić information content (AvgIpc) is 2.30. The second-order valence-corrected chi connectivity index (χ2v) is 4.66. The molecule has 1 rings (SSSR count). The first-order valence-corrected chi connectivity index (χ1v) is 6.48. The average molecular weight is 239 g/mol. The van der Waals surface area contributed by atoms with Gasteiger partial charge in [-0.2, -0.15) is 0 Å². The molecule has 0 aliphatic carbocycles. The summed E-state index contributed by atoms with van der Waals surface area (Å²) in [6.45, 7) is 4.32. The van der Waals surface area contributed by atoms with Crippen LogP contribution in [0.15, 0.2) is 23.4 Å². The van der Waals surface area contributed by atoms with Gasteiger partial charge < -0.3 is 5.11 Å². The first kappa shape index (κ1) is 13.0. The lowest BCUT2D eigenvalue weighted by molar-refractivity contribution is 0.0692. The van der Waals surface area contributed by atoms with Gasteiger partial charge in [0, 0.05) is 11.9 Å². The number of aromatic carboxylic acids is 1. The van der Waals surface area contributed by atoms with Gasteiger partial charge in [-0.05, 0) is 18.1 Å². The summed E-state index contributed by atoms with van der Waals surface area (Å²) in [6.07, 6.45) is 3.89. The smallest absolute Gasteiger partial charge is 0.338 e. The Morgan fingerprint density at radius 1 is 1.50 bits per heavy atom. The highest BCUT2D eigenvalue weighted by Gasteiger charge is 2.12. The van der Waals surface area contributed by atoms with Gasteiger partial charge in [0.15, 0.2) is 0 Å². The maximum Gasteiger partial charge on any atom is 0.338 e. The van der Waals surface area contributed by atoms with E-state index < -0.39 is 5.97 Å². The van der Waals surface area contributed by atoms with Crippen LogP contribution in [0.25, 0.3) is 0 Å². The second-order valence-electron chi connectivity index (χ2n) is 3.65. The molecule has 1 heterocycles. The van der Waals surface area contributed by atoms with E-state index in [2.05, 4.69) is 18.8 Å². The number of thioether (sulfide) groups is 1. The quantitative estimate of drug-likeness (QED) is 0.774. The van der Waals surface area contributed by atoms with Crippen LogP contribution >= 0.6 is 11.8 Å². The molecule has 3 nitrogen and oxygen atoms in total. The number of rotatable bonds is 6. The zero-order chi connectivity index (χ0) is 12.0. The maximum atomic E-state index is 11.0. The van der Waals surface area contributed by atoms with Crippen molar-refractivity contribution in [3.63, 3.8) is 0 Å². The largest absolute Gasteiger partial charge is 0.478 e. The first-order valence-electron chi connectivity index (χ1n) is 5.50. The molecule has 1 aromatic heterocycles. The van der Waals surface area contributed by atoms with E-state index in [9.17, 15) is 4.79 Å². The van der Waals surface area contributed by atoms with Crippen molar-refractivity contribution >= 4 is 17.7 Å². The molecule has 0 unspecified atom stereocenters. The van der Waals surface area contributed by atoms with Crippen LogP contribution in [0.4, 0.5) is 0 Å². The van der Waals surface area contributed by atoms with Crippen molar-refractivity contribution in [2.45, 2.75) is 31.7 Å². The molecule has 0 aliphatic rings. The predicted octanol–water partition coefficient (Wildman–Crippen LogP) is 3.31. The van der Waals surface area contributed by atoms with E-state index in [0.29, 0.717) is 16.5 Å². The van der Waals surface area contributed by atoms with Crippen molar-refractivity contribution in [2.24, 2.45) is 5.92 Å². The number of carboxylic acids is 1. The van der Waals surface area contributed by atoms with Gasteiger partial charge in [0.1, 0.15) is 5.03 Å². The van der Waals surface area contributed by atoms with Gasteiger partial charge in [0.25, 0.3) is 0 Å². The summed E-state index contributed by atoms with van der Waals surface area (Å²) in [5.74, 6) is 0.665. The minimum absolute atomic E-state index is 0.304. The summed E-state index contributed by atoms with van der Waals surface area (Å²) in [4.78, 5) is 15.1. The highest BCUT2D eigenvalue weighted by atomic mass is 32.2. The summed E-state index contributed by atoms with van der Waals surface area (Å²) in [5.41, 5.74) is 0.304. The van der Waals surface area contributed by atoms with Crippen LogP contribution in [0.2, 0.25) is 0 Å². The zero-order valence-corrected chi connectivity index (χ0v) is 10.5. The van der Waals surface area contributed by atoms with Crippen molar-refractivity contribution in [3.05, 3.63) is 23.9 Å². The predicted molar refractivity (Wildman–Crippen MR) is 66.0 cm³/mol. The Morgan fingerprint density at radius 3 is 2.75 bits per heavy atom. The normalized spacial score (nSPS) is 10.7. The molecule has 0 atom stereocenters. The minimum Gasteiger partial charge on any atom is -0.478 e. The summed E-state index contributed by atoms with van der Waals surface area (Å²) >= 11 is 1.54. The number of hydrogen-bond acceptors (Lipinski definition) is 3. The molecule has 1 N–H and O–H groups in total. The molecule has 0 saturated carbocycles. The molecule has 0 radical (unpaired) electrons. The molecule has 4 heteroatoms. The molecular formula is C12H17NO2S. The summed E-state index contributed by atoms with van der Waals surface area (Å²) in [5, 5.41) is 9.62. The molecule has 0 amide bonds. The first-order chi connectivity index (χ1) is 7.69. The van der Waals surface area contributed by atoms with Crippen molar-refractivity contribution in [2.75, 3.05) is 5.75 Å². The number of hydrogen-bond donors (Lipinski definition) is 1. The van der Waals surface area contributed by atoms with Gasteiger partial charge in [-0.25, -0.2) is 9.78 Å². The van der Waals surface area contributed by atoms with E-state index >= 15 is 0 Å². The maximum absolute atomic E-state index is 11.0. The lowest BCUT2D eigenvalue weighted by atomic mass is 10.1. The molecule has 0 saturated heterocycles. The number of aromatic nitrogens is 1. The number of carbonyl (C=O) groups is 1. The van der Waals surface area contributed by atoms with Crippen LogP contribution in [0.1, 0.15) is 37.0 Å². The van der Waals surface area contributed by atoms with Crippen LogP contribution in [0.3, 0.4) is 0 Å². The van der Waals surface area contributed by atoms with E-state index in [1.165, 1.54) is 0 Å². The monoisotopic (exact) mass is 239 g/mol. The minimum atomic E-state index is -0.903. The lowest BCUT2D eigenvalue weighted by Gasteiger charge is -2.11. The Morgan fingerprint density at radius 2 is 2.19 bits per heavy atom. The van der Waals surface area contributed by atoms with Crippen molar-refractivity contribution in [1.82, 2.24) is 4.98 Å². The third-order valence-electron chi connectivity index (χ3n) is 2.61. The second kappa shape index (κ2) is 6.53. The molecule has 0 spiro atoms. The fraction of sp³-hybridized carbons (Fsp3) is 0.500. The van der Waals surface area contributed by atoms with Crippen molar-refractivity contribution < 1.29 is 9.90 Å². The number of carboxylic acid groups (broad SMARTS) is 1. The molecule has 0 fully saturated rings. The number of nitrogens with zero attached hydrogens (tertiary/aromatic N) is 1. The SMILES string of the molecule is CCC(CC)CSc1ncccc1C(=O)O. The Balaban J connectivity index is 2.69. The molecule has 16 heavy (non-hydrogen) atoms. The highest BCUT2D eigenvalue weighted by Crippen LogP contribution is 2.24. The Labute approximate surface area is 100 Å². The summed E-state index contributed by atoms with van der Waals surface area (Å²) in [6, 6.07) is 3.26. The third-order valence-corrected chi connectivity index (χ3v) is 3.85. The topological polar surface area (TPSA) is 50.2 Å². The van der Waals surface area contributed by atoms with Crippen LogP contribution < -0.4 is 0 Å². The fourth-order valence-corrected chi connectivity index (χ4v) is 2.70. The van der Waals surface area contributed by atoms with Gasteiger partial charge in [-0.15, -0.1) is 11.8 Å². The molecule has 0 aromatic carbocycles. The van der Waals surface area contributed by atoms with Gasteiger partial charge in [-0.3, -0.25) is 0 Å². The van der Waals surface area contributed by atoms with Crippen LogP contribution in [0, 0.1) is 5.92 Å². The molecule has 0 aliphatic heterocycles. The van der Waals surface area contributed by atoms with Gasteiger partial charge in [0.2, 0.25) is 0 Å². The van der Waals surface area contributed by atoms with Crippen LogP contribution in [0.5, 0.6) is 0 Å². The standard InChI is InChI=1S/C12H17NO2S/c1-3-9(4-2)8-16-11-10(12(14)15)6-5-7-13-11/h5-7,9H,3-4,8H2,1-2H3,(H,14,15). The molecule has 1 aromatic rings. The zero-order valence-electron chi connectivity index (χ0n) is 9.64. The number of pyridine rings is 1. The fourth-order valence-electron chi connectivity index (χ4n) is 1.39. The lowest BCUT2D eigenvalue weighted by Crippen LogP contribution is -2.04. The molecular weight excluding hydrogens is 222 g/mol. The van der Waals surface area contributed by atoms with E-state index in [4.69, 9.17) is 5.11 Å². The Kier molecular flexibility index (Phi) is 5.32. The third kappa shape index (κ3) is 3.52. The Hall–Kier alpha value is -1.03. The van der Waals surface area contributed by atoms with E-state index in [0.717, 1.165) is 18.6 Å². The van der Waals surface area contributed by atoms with Crippen molar-refractivity contribution in [1.29, 1.82) is 0 Å². The molecule has 0 bridgehead atoms. The van der Waals surface area contributed by atoms with Gasteiger partial charge in [0.05, 0.1) is 5.56 Å². The van der Waals surface area contributed by atoms with Crippen LogP contribution in [-0.2, 0) is 0 Å². The summed E-state index contributed by atoms with van der Waals surface area (Å²) in [7, 11) is 0. The van der Waals surface area contributed by atoms with E-state index in [1.807, 2.05) is 0 Å². The van der Waals surface area contributed by atoms with Crippen molar-refractivity contribution in [3.8, 4) is 0 Å². The summed E-state index contributed by atoms with van der Waals surface area (Å²) < 4.78 is 0.